The highest BCUT2D eigenvalue weighted by Crippen LogP contribution is 2.28. The zero-order valence-electron chi connectivity index (χ0n) is 13.1. The number of thiazole rings is 1. The summed E-state index contributed by atoms with van der Waals surface area (Å²) >= 11 is 1.51. The van der Waals surface area contributed by atoms with Gasteiger partial charge in [0.1, 0.15) is 5.39 Å². The molecule has 0 radical (unpaired) electrons. The fourth-order valence-electron chi connectivity index (χ4n) is 3.59. The predicted molar refractivity (Wildman–Crippen MR) is 97.1 cm³/mol. The second kappa shape index (κ2) is 5.34. The summed E-state index contributed by atoms with van der Waals surface area (Å²) < 4.78 is 8.56. The molecule has 6 heteroatoms. The van der Waals surface area contributed by atoms with Crippen LogP contribution >= 0.6 is 11.3 Å². The monoisotopic (exact) mass is 339 g/mol. The third kappa shape index (κ3) is 2.13. The van der Waals surface area contributed by atoms with E-state index in [0.29, 0.717) is 28.0 Å². The molecule has 3 aromatic heterocycles. The molecule has 5 nitrogen and oxygen atoms in total. The number of fused-ring (bicyclic) bond motifs is 4. The normalized spacial score (nSPS) is 16.3. The Morgan fingerprint density at radius 1 is 1.21 bits per heavy atom. The third-order valence-corrected chi connectivity index (χ3v) is 5.81. The first kappa shape index (κ1) is 14.0. The Hall–Kier alpha value is -2.34. The molecule has 1 aliphatic carbocycles. The van der Waals surface area contributed by atoms with Gasteiger partial charge in [-0.25, -0.2) is 0 Å². The van der Waals surface area contributed by atoms with Crippen LogP contribution in [0, 0.1) is 0 Å². The number of furan rings is 1. The molecule has 24 heavy (non-hydrogen) atoms. The van der Waals surface area contributed by atoms with Crippen LogP contribution in [0.1, 0.15) is 32.1 Å². The molecule has 0 atom stereocenters. The van der Waals surface area contributed by atoms with E-state index in [1.807, 2.05) is 24.3 Å². The van der Waals surface area contributed by atoms with E-state index in [4.69, 9.17) is 4.42 Å². The summed E-state index contributed by atoms with van der Waals surface area (Å²) in [6, 6.07) is 10.1. The van der Waals surface area contributed by atoms with Crippen molar-refractivity contribution in [3.63, 3.8) is 0 Å². The van der Waals surface area contributed by atoms with Crippen molar-refractivity contribution < 1.29 is 4.42 Å². The molecule has 0 bridgehead atoms. The molecule has 4 aromatic rings. The Bertz CT molecular complexity index is 1100. The first-order valence-corrected chi connectivity index (χ1v) is 9.22. The van der Waals surface area contributed by atoms with E-state index in [1.165, 1.54) is 30.6 Å². The molecule has 0 saturated heterocycles. The third-order valence-electron chi connectivity index (χ3n) is 4.79. The standard InChI is InChI=1S/C18H17N3O2S/c22-17-12-10-15(19-11-6-2-1-3-7-11)23-16(12)20-18-21(17)13-8-4-5-9-14(13)24-18/h4-5,8-11,19H,1-3,6-7H2. The average Bonchev–Trinajstić information content (AvgIpc) is 3.17. The summed E-state index contributed by atoms with van der Waals surface area (Å²) in [7, 11) is 0. The first-order chi connectivity index (χ1) is 11.8. The summed E-state index contributed by atoms with van der Waals surface area (Å²) in [6.07, 6.45) is 6.12. The maximum Gasteiger partial charge on any atom is 0.270 e. The lowest BCUT2D eigenvalue weighted by atomic mass is 9.96. The van der Waals surface area contributed by atoms with E-state index >= 15 is 0 Å². The summed E-state index contributed by atoms with van der Waals surface area (Å²) in [5.41, 5.74) is 1.26. The van der Waals surface area contributed by atoms with Crippen molar-refractivity contribution in [1.82, 2.24) is 9.38 Å². The van der Waals surface area contributed by atoms with Crippen LogP contribution in [0.15, 0.2) is 39.5 Å². The van der Waals surface area contributed by atoms with Crippen LogP contribution in [0.25, 0.3) is 26.3 Å². The van der Waals surface area contributed by atoms with Crippen molar-refractivity contribution >= 4 is 43.5 Å². The summed E-state index contributed by atoms with van der Waals surface area (Å²) in [6.45, 7) is 0. The fraction of sp³-hybridized carbons (Fsp3) is 0.333. The Morgan fingerprint density at radius 2 is 2.04 bits per heavy atom. The molecule has 5 rings (SSSR count). The minimum Gasteiger partial charge on any atom is -0.422 e. The lowest BCUT2D eigenvalue weighted by Gasteiger charge is -2.22. The zero-order valence-corrected chi connectivity index (χ0v) is 13.9. The molecule has 0 aliphatic heterocycles. The molecule has 1 saturated carbocycles. The van der Waals surface area contributed by atoms with Gasteiger partial charge < -0.3 is 9.73 Å². The van der Waals surface area contributed by atoms with E-state index in [0.717, 1.165) is 23.1 Å². The number of benzene rings is 1. The van der Waals surface area contributed by atoms with Gasteiger partial charge in [-0.15, -0.1) is 0 Å². The zero-order chi connectivity index (χ0) is 16.1. The predicted octanol–water partition coefficient (Wildman–Crippen LogP) is 4.40. The molecule has 3 heterocycles. The number of hydrogen-bond acceptors (Lipinski definition) is 5. The lowest BCUT2D eigenvalue weighted by molar-refractivity contribution is 0.453. The quantitative estimate of drug-likeness (QED) is 0.588. The van der Waals surface area contributed by atoms with E-state index < -0.39 is 0 Å². The van der Waals surface area contributed by atoms with Crippen LogP contribution in [0.5, 0.6) is 0 Å². The summed E-state index contributed by atoms with van der Waals surface area (Å²) in [5, 5.41) is 3.97. The number of para-hydroxylation sites is 1. The van der Waals surface area contributed by atoms with Crippen LogP contribution in [0.4, 0.5) is 5.88 Å². The van der Waals surface area contributed by atoms with E-state index in [9.17, 15) is 4.79 Å². The maximum atomic E-state index is 12.9. The number of nitrogens with zero attached hydrogens (tertiary/aromatic N) is 2. The van der Waals surface area contributed by atoms with Gasteiger partial charge in [-0.2, -0.15) is 4.98 Å². The molecule has 1 fully saturated rings. The summed E-state index contributed by atoms with van der Waals surface area (Å²) in [5.74, 6) is 0.657. The highest BCUT2D eigenvalue weighted by atomic mass is 32.1. The Morgan fingerprint density at radius 3 is 2.92 bits per heavy atom. The molecule has 0 amide bonds. The van der Waals surface area contributed by atoms with Crippen molar-refractivity contribution in [1.29, 1.82) is 0 Å². The van der Waals surface area contributed by atoms with Gasteiger partial charge in [0.2, 0.25) is 10.7 Å². The molecule has 1 aromatic carbocycles. The van der Waals surface area contributed by atoms with Gasteiger partial charge in [-0.1, -0.05) is 42.7 Å². The molecular formula is C18H17N3O2S. The van der Waals surface area contributed by atoms with Gasteiger partial charge in [0.25, 0.3) is 5.56 Å². The number of nitrogens with one attached hydrogen (secondary N) is 1. The van der Waals surface area contributed by atoms with Gasteiger partial charge in [0.15, 0.2) is 5.88 Å². The van der Waals surface area contributed by atoms with Gasteiger partial charge in [0, 0.05) is 12.1 Å². The van der Waals surface area contributed by atoms with Crippen molar-refractivity contribution in [2.45, 2.75) is 38.1 Å². The lowest BCUT2D eigenvalue weighted by Crippen LogP contribution is -2.21. The average molecular weight is 339 g/mol. The van der Waals surface area contributed by atoms with E-state index in [1.54, 1.807) is 10.5 Å². The minimum absolute atomic E-state index is 0.0621. The highest BCUT2D eigenvalue weighted by molar-refractivity contribution is 7.23. The van der Waals surface area contributed by atoms with Crippen molar-refractivity contribution in [3.8, 4) is 0 Å². The Labute approximate surface area is 141 Å². The maximum absolute atomic E-state index is 12.9. The smallest absolute Gasteiger partial charge is 0.270 e. The van der Waals surface area contributed by atoms with Gasteiger partial charge in [0.05, 0.1) is 10.2 Å². The second-order valence-electron chi connectivity index (χ2n) is 6.41. The SMILES string of the molecule is O=c1c2cc(NC3CCCCC3)oc2nc2sc3ccccc3n12. The number of aromatic nitrogens is 2. The Balaban J connectivity index is 1.65. The van der Waals surface area contributed by atoms with Crippen LogP contribution in [-0.4, -0.2) is 15.4 Å². The number of hydrogen-bond donors (Lipinski definition) is 1. The van der Waals surface area contributed by atoms with Gasteiger partial charge >= 0.3 is 0 Å². The highest BCUT2D eigenvalue weighted by Gasteiger charge is 2.18. The molecule has 1 N–H and O–H groups in total. The second-order valence-corrected chi connectivity index (χ2v) is 7.42. The Kier molecular flexibility index (Phi) is 3.13. The van der Waals surface area contributed by atoms with Gasteiger partial charge in [-0.05, 0) is 25.0 Å². The van der Waals surface area contributed by atoms with Crippen LogP contribution < -0.4 is 10.9 Å². The largest absolute Gasteiger partial charge is 0.422 e. The van der Waals surface area contributed by atoms with Gasteiger partial charge in [-0.3, -0.25) is 9.20 Å². The van der Waals surface area contributed by atoms with E-state index in [-0.39, 0.29) is 5.56 Å². The van der Waals surface area contributed by atoms with Crippen molar-refractivity contribution in [3.05, 3.63) is 40.7 Å². The van der Waals surface area contributed by atoms with Crippen LogP contribution in [0.2, 0.25) is 0 Å². The van der Waals surface area contributed by atoms with Crippen molar-refractivity contribution in [2.75, 3.05) is 5.32 Å². The molecule has 122 valence electrons. The topological polar surface area (TPSA) is 59.5 Å². The summed E-state index contributed by atoms with van der Waals surface area (Å²) in [4.78, 5) is 18.1. The molecule has 1 aliphatic rings. The van der Waals surface area contributed by atoms with Crippen LogP contribution in [-0.2, 0) is 0 Å². The van der Waals surface area contributed by atoms with Crippen molar-refractivity contribution in [2.24, 2.45) is 0 Å². The molecule has 0 spiro atoms. The molecular weight excluding hydrogens is 322 g/mol. The number of anilines is 1. The fourth-order valence-corrected chi connectivity index (χ4v) is 4.60. The first-order valence-electron chi connectivity index (χ1n) is 8.40. The minimum atomic E-state index is -0.0621. The van der Waals surface area contributed by atoms with E-state index in [2.05, 4.69) is 10.3 Å². The molecule has 0 unspecified atom stereocenters. The number of rotatable bonds is 2. The van der Waals surface area contributed by atoms with Crippen LogP contribution in [0.3, 0.4) is 0 Å².